The van der Waals surface area contributed by atoms with Crippen LogP contribution in [0.15, 0.2) is 48.8 Å². The second kappa shape index (κ2) is 8.20. The minimum atomic E-state index is -0.0605. The maximum absolute atomic E-state index is 6.82. The summed E-state index contributed by atoms with van der Waals surface area (Å²) in [5.41, 5.74) is 8.45. The lowest BCUT2D eigenvalue weighted by molar-refractivity contribution is 0.399. The average Bonchev–Trinajstić information content (AvgIpc) is 3.25. The number of fused-ring (bicyclic) bond motifs is 4. The van der Waals surface area contributed by atoms with Crippen LogP contribution in [0.25, 0.3) is 16.7 Å². The maximum Gasteiger partial charge on any atom is 0.211 e. The van der Waals surface area contributed by atoms with E-state index in [0.29, 0.717) is 0 Å². The molecule has 5 nitrogen and oxygen atoms in total. The van der Waals surface area contributed by atoms with E-state index in [1.165, 1.54) is 33.3 Å². The van der Waals surface area contributed by atoms with Crippen LogP contribution in [0, 0.1) is 0 Å². The fraction of sp³-hybridized carbons (Fsp3) is 0.394. The minimum Gasteiger partial charge on any atom is -0.456 e. The summed E-state index contributed by atoms with van der Waals surface area (Å²) in [4.78, 5) is 7.30. The Hall–Kier alpha value is -3.60. The Morgan fingerprint density at radius 3 is 2.29 bits per heavy atom. The van der Waals surface area contributed by atoms with Gasteiger partial charge in [-0.2, -0.15) is 0 Å². The second-order valence-electron chi connectivity index (χ2n) is 12.0. The predicted octanol–water partition coefficient (Wildman–Crippen LogP) is 5.50. The molecule has 0 saturated carbocycles. The first kappa shape index (κ1) is 24.7. The van der Waals surface area contributed by atoms with Crippen molar-refractivity contribution in [2.45, 2.75) is 66.5 Å². The van der Waals surface area contributed by atoms with E-state index >= 15 is 0 Å². The quantitative estimate of drug-likeness (QED) is 0.343. The van der Waals surface area contributed by atoms with Crippen molar-refractivity contribution in [2.75, 3.05) is 18.0 Å². The Bertz CT molecular complexity index is 1700. The molecule has 3 aliphatic heterocycles. The fourth-order valence-electron chi connectivity index (χ4n) is 7.03. The summed E-state index contributed by atoms with van der Waals surface area (Å²) in [6.07, 6.45) is 8.67. The molecule has 0 spiro atoms. The number of ether oxygens (including phenoxy) is 1. The molecule has 196 valence electrons. The summed E-state index contributed by atoms with van der Waals surface area (Å²) < 4.78 is 11.4. The number of imidazole rings is 1. The first-order valence-corrected chi connectivity index (χ1v) is 13.8. The van der Waals surface area contributed by atoms with Gasteiger partial charge >= 0.3 is 0 Å². The van der Waals surface area contributed by atoms with E-state index < -0.39 is 0 Å². The molecule has 38 heavy (non-hydrogen) atoms. The Morgan fingerprint density at radius 2 is 1.63 bits per heavy atom. The molecule has 1 aromatic heterocycles. The van der Waals surface area contributed by atoms with Gasteiger partial charge in [0.2, 0.25) is 5.36 Å². The third-order valence-electron chi connectivity index (χ3n) is 8.59. The molecule has 0 radical (unpaired) electrons. The molecule has 0 N–H and O–H groups in total. The summed E-state index contributed by atoms with van der Waals surface area (Å²) in [7, 11) is 2.07. The van der Waals surface area contributed by atoms with E-state index in [-0.39, 0.29) is 11.1 Å². The highest BCUT2D eigenvalue weighted by molar-refractivity contribution is 5.90. The Balaban J connectivity index is 1.73. The maximum atomic E-state index is 6.82. The van der Waals surface area contributed by atoms with Crippen LogP contribution in [0.2, 0.25) is 0 Å². The van der Waals surface area contributed by atoms with E-state index in [9.17, 15) is 0 Å². The number of nitrogens with zero attached hydrogens (tertiary/aromatic N) is 4. The smallest absolute Gasteiger partial charge is 0.211 e. The number of benzene rings is 2. The van der Waals surface area contributed by atoms with Crippen molar-refractivity contribution in [3.63, 3.8) is 0 Å². The van der Waals surface area contributed by atoms with Gasteiger partial charge in [0.15, 0.2) is 5.54 Å². The normalized spacial score (nSPS) is 18.6. The molecule has 3 aromatic rings. The highest BCUT2D eigenvalue weighted by Crippen LogP contribution is 2.46. The van der Waals surface area contributed by atoms with Gasteiger partial charge in [-0.25, -0.2) is 9.56 Å². The highest BCUT2D eigenvalue weighted by Gasteiger charge is 2.36. The molecule has 0 aliphatic carbocycles. The number of aryl methyl sites for hydroxylation is 1. The Morgan fingerprint density at radius 1 is 0.895 bits per heavy atom. The zero-order valence-electron chi connectivity index (χ0n) is 24.2. The van der Waals surface area contributed by atoms with Gasteiger partial charge in [0, 0.05) is 79.1 Å². The fourth-order valence-corrected chi connectivity index (χ4v) is 7.03. The minimum absolute atomic E-state index is 0.0605. The molecule has 6 rings (SSSR count). The summed E-state index contributed by atoms with van der Waals surface area (Å²) >= 11 is 0. The zero-order valence-corrected chi connectivity index (χ0v) is 24.2. The standard InChI is InChI=1S/C33H39N4O/c1-10-36-26-16-28-24(14-22(26)20(3)18-32(36,5)6)30(31-34-12-13-35(31)9)25-15-23-21(4)19-33(7,8)37(11-2)27(23)17-29(25)38-28/h12-19H,10-11H2,1-9H3/q+1. The number of aromatic nitrogens is 2. The lowest BCUT2D eigenvalue weighted by Crippen LogP contribution is -2.49. The van der Waals surface area contributed by atoms with Crippen molar-refractivity contribution < 1.29 is 4.74 Å². The first-order valence-electron chi connectivity index (χ1n) is 13.8. The van der Waals surface area contributed by atoms with Gasteiger partial charge in [-0.3, -0.25) is 0 Å². The number of hydrogen-bond donors (Lipinski definition) is 0. The number of anilines is 1. The van der Waals surface area contributed by atoms with Crippen LogP contribution in [0.3, 0.4) is 0 Å². The van der Waals surface area contributed by atoms with Crippen molar-refractivity contribution in [3.8, 4) is 11.5 Å². The number of likely N-dealkylation sites (N-methyl/N-ethyl adjacent to an activating group) is 2. The monoisotopic (exact) mass is 507 g/mol. The lowest BCUT2D eigenvalue weighted by atomic mass is 9.85. The summed E-state index contributed by atoms with van der Waals surface area (Å²) in [6, 6.07) is 9.16. The Kier molecular flexibility index (Phi) is 5.33. The highest BCUT2D eigenvalue weighted by atomic mass is 16.5. The molecule has 0 bridgehead atoms. The first-order chi connectivity index (χ1) is 18.0. The van der Waals surface area contributed by atoms with E-state index in [0.717, 1.165) is 46.8 Å². The van der Waals surface area contributed by atoms with E-state index in [1.54, 1.807) is 0 Å². The molecule has 0 unspecified atom stereocenters. The third kappa shape index (κ3) is 3.44. The molecule has 3 aliphatic rings. The predicted molar refractivity (Wildman–Crippen MR) is 157 cm³/mol. The van der Waals surface area contributed by atoms with Gasteiger partial charge in [0.1, 0.15) is 23.9 Å². The van der Waals surface area contributed by atoms with Gasteiger partial charge in [-0.1, -0.05) is 6.08 Å². The second-order valence-corrected chi connectivity index (χ2v) is 12.0. The van der Waals surface area contributed by atoms with Crippen LogP contribution < -0.4 is 24.8 Å². The molecular weight excluding hydrogens is 468 g/mol. The zero-order chi connectivity index (χ0) is 27.1. The van der Waals surface area contributed by atoms with Crippen molar-refractivity contribution in [2.24, 2.45) is 7.05 Å². The third-order valence-corrected chi connectivity index (χ3v) is 8.59. The van der Waals surface area contributed by atoms with Crippen LogP contribution in [0.1, 0.15) is 77.9 Å². The van der Waals surface area contributed by atoms with Crippen LogP contribution in [0.4, 0.5) is 5.69 Å². The topological polar surface area (TPSA) is 33.3 Å². The number of hydrogen-bond acceptors (Lipinski definition) is 3. The summed E-state index contributed by atoms with van der Waals surface area (Å²) in [5, 5.41) is 2.33. The molecular formula is C33H39N4O+. The average molecular weight is 508 g/mol. The van der Waals surface area contributed by atoms with Crippen LogP contribution in [-0.4, -0.2) is 33.7 Å². The van der Waals surface area contributed by atoms with Crippen molar-refractivity contribution in [1.29, 1.82) is 0 Å². The Labute approximate surface area is 226 Å². The SMILES string of the molecule is CCN1c2cc3c(cc2C(C)=CC1(C)C)C(c1nccn1C)=c1cc2c(cc1O3)=[N+](CC)C(C)(C)C=C2C. The van der Waals surface area contributed by atoms with Crippen LogP contribution in [-0.2, 0) is 7.05 Å². The molecule has 0 saturated heterocycles. The van der Waals surface area contributed by atoms with Crippen LogP contribution >= 0.6 is 0 Å². The van der Waals surface area contributed by atoms with Gasteiger partial charge in [-0.05, 0) is 70.9 Å². The van der Waals surface area contributed by atoms with Gasteiger partial charge in [0.05, 0.1) is 11.6 Å². The molecule has 4 heterocycles. The molecule has 2 aromatic carbocycles. The van der Waals surface area contributed by atoms with E-state index in [1.807, 2.05) is 12.4 Å². The summed E-state index contributed by atoms with van der Waals surface area (Å²) in [6.45, 7) is 19.9. The number of allylic oxidation sites excluding steroid dienone is 2. The van der Waals surface area contributed by atoms with Crippen LogP contribution in [0.5, 0.6) is 11.5 Å². The molecule has 0 amide bonds. The van der Waals surface area contributed by atoms with E-state index in [4.69, 9.17) is 9.72 Å². The van der Waals surface area contributed by atoms with Crippen molar-refractivity contribution in [3.05, 3.63) is 81.9 Å². The van der Waals surface area contributed by atoms with Crippen molar-refractivity contribution >= 4 is 22.4 Å². The molecule has 5 heteroatoms. The van der Waals surface area contributed by atoms with Crippen molar-refractivity contribution in [1.82, 2.24) is 14.1 Å². The number of rotatable bonds is 3. The van der Waals surface area contributed by atoms with Gasteiger partial charge in [0.25, 0.3) is 0 Å². The van der Waals surface area contributed by atoms with Gasteiger partial charge in [-0.15, -0.1) is 0 Å². The largest absolute Gasteiger partial charge is 0.456 e. The molecule has 0 atom stereocenters. The molecule has 0 fully saturated rings. The summed E-state index contributed by atoms with van der Waals surface area (Å²) in [5.74, 6) is 2.73. The van der Waals surface area contributed by atoms with Gasteiger partial charge < -0.3 is 14.2 Å². The lowest BCUT2D eigenvalue weighted by Gasteiger charge is -2.43. The van der Waals surface area contributed by atoms with E-state index in [2.05, 4.69) is 113 Å².